The van der Waals surface area contributed by atoms with Crippen molar-refractivity contribution in [2.24, 2.45) is 11.7 Å². The van der Waals surface area contributed by atoms with Crippen LogP contribution in [0.2, 0.25) is 0 Å². The van der Waals surface area contributed by atoms with Gasteiger partial charge in [0.05, 0.1) is 7.11 Å². The summed E-state index contributed by atoms with van der Waals surface area (Å²) in [4.78, 5) is 0. The maximum Gasteiger partial charge on any atom is 0.119 e. The van der Waals surface area contributed by atoms with Crippen LogP contribution in [0.15, 0.2) is 18.2 Å². The molecule has 0 spiro atoms. The molecule has 0 aliphatic heterocycles. The Kier molecular flexibility index (Phi) is 4.57. The van der Waals surface area contributed by atoms with Gasteiger partial charge in [0.15, 0.2) is 0 Å². The van der Waals surface area contributed by atoms with Crippen molar-refractivity contribution >= 4 is 11.8 Å². The molecule has 0 saturated heterocycles. The van der Waals surface area contributed by atoms with Crippen LogP contribution in [0.25, 0.3) is 0 Å². The Morgan fingerprint density at radius 1 is 1.44 bits per heavy atom. The summed E-state index contributed by atoms with van der Waals surface area (Å²) in [5.41, 5.74) is 9.08. The lowest BCUT2D eigenvalue weighted by atomic mass is 9.87. The number of benzene rings is 1. The van der Waals surface area contributed by atoms with Crippen molar-refractivity contribution in [3.8, 4) is 5.75 Å². The summed E-state index contributed by atoms with van der Waals surface area (Å²) in [7, 11) is 1.71. The van der Waals surface area contributed by atoms with Crippen LogP contribution in [0.5, 0.6) is 5.75 Å². The maximum absolute atomic E-state index is 6.41. The average molecular weight is 265 g/mol. The fourth-order valence-electron chi connectivity index (χ4n) is 2.43. The molecule has 1 aliphatic rings. The topological polar surface area (TPSA) is 35.2 Å². The summed E-state index contributed by atoms with van der Waals surface area (Å²) in [5.74, 6) is 2.87. The first-order chi connectivity index (χ1) is 8.61. The number of fused-ring (bicyclic) bond motifs is 1. The highest BCUT2D eigenvalue weighted by Crippen LogP contribution is 2.37. The van der Waals surface area contributed by atoms with Crippen LogP contribution in [0.1, 0.15) is 37.4 Å². The first-order valence-electron chi connectivity index (χ1n) is 6.65. The Balaban J connectivity index is 2.10. The number of methoxy groups -OCH3 is 1. The minimum atomic E-state index is 0.170. The van der Waals surface area contributed by atoms with Gasteiger partial charge in [0.2, 0.25) is 0 Å². The monoisotopic (exact) mass is 265 g/mol. The Bertz CT molecular complexity index is 405. The number of hydrogen-bond acceptors (Lipinski definition) is 3. The van der Waals surface area contributed by atoms with Gasteiger partial charge in [0, 0.05) is 11.3 Å². The number of thioether (sulfide) groups is 1. The lowest BCUT2D eigenvalue weighted by Gasteiger charge is -2.31. The van der Waals surface area contributed by atoms with E-state index in [0.29, 0.717) is 5.25 Å². The van der Waals surface area contributed by atoms with Gasteiger partial charge in [-0.15, -0.1) is 0 Å². The summed E-state index contributed by atoms with van der Waals surface area (Å²) in [5, 5.41) is 0.563. The van der Waals surface area contributed by atoms with Crippen molar-refractivity contribution in [1.29, 1.82) is 0 Å². The fourth-order valence-corrected chi connectivity index (χ4v) is 3.70. The van der Waals surface area contributed by atoms with Crippen molar-refractivity contribution in [3.63, 3.8) is 0 Å². The van der Waals surface area contributed by atoms with Crippen LogP contribution in [-0.4, -0.2) is 18.1 Å². The number of ether oxygens (including phenoxy) is 1. The molecule has 0 amide bonds. The summed E-state index contributed by atoms with van der Waals surface area (Å²) in [6, 6.07) is 6.47. The maximum atomic E-state index is 6.41. The number of nitrogens with two attached hydrogens (primary N) is 1. The van der Waals surface area contributed by atoms with Crippen molar-refractivity contribution in [1.82, 2.24) is 0 Å². The van der Waals surface area contributed by atoms with Crippen molar-refractivity contribution in [2.45, 2.75) is 38.0 Å². The highest BCUT2D eigenvalue weighted by atomic mass is 32.2. The van der Waals surface area contributed by atoms with E-state index >= 15 is 0 Å². The largest absolute Gasteiger partial charge is 0.497 e. The Morgan fingerprint density at radius 3 is 2.89 bits per heavy atom. The number of hydrogen-bond donors (Lipinski definition) is 1. The molecular formula is C15H23NOS. The SMILES string of the molecule is COc1ccc2c(c1)CCC(SCC(C)C)C2N. The van der Waals surface area contributed by atoms with E-state index in [1.54, 1.807) is 7.11 Å². The second-order valence-corrected chi connectivity index (χ2v) is 6.67. The van der Waals surface area contributed by atoms with Crippen LogP contribution in [-0.2, 0) is 6.42 Å². The third-order valence-corrected chi connectivity index (χ3v) is 5.27. The van der Waals surface area contributed by atoms with Crippen LogP contribution in [0.4, 0.5) is 0 Å². The summed E-state index contributed by atoms with van der Waals surface area (Å²) < 4.78 is 5.28. The van der Waals surface area contributed by atoms with Gasteiger partial charge in [0.25, 0.3) is 0 Å². The van der Waals surface area contributed by atoms with E-state index in [2.05, 4.69) is 26.0 Å². The smallest absolute Gasteiger partial charge is 0.119 e. The molecule has 2 nitrogen and oxygen atoms in total. The molecule has 0 saturated carbocycles. The molecule has 1 aliphatic carbocycles. The molecular weight excluding hydrogens is 242 g/mol. The summed E-state index contributed by atoms with van der Waals surface area (Å²) in [6.45, 7) is 4.53. The lowest BCUT2D eigenvalue weighted by Crippen LogP contribution is -2.30. The van der Waals surface area contributed by atoms with Gasteiger partial charge in [0.1, 0.15) is 5.75 Å². The zero-order valence-corrected chi connectivity index (χ0v) is 12.3. The predicted molar refractivity (Wildman–Crippen MR) is 79.3 cm³/mol. The normalized spacial score (nSPS) is 22.9. The van der Waals surface area contributed by atoms with Crippen molar-refractivity contribution < 1.29 is 4.74 Å². The summed E-state index contributed by atoms with van der Waals surface area (Å²) >= 11 is 2.03. The second kappa shape index (κ2) is 5.98. The first kappa shape index (κ1) is 13.8. The highest BCUT2D eigenvalue weighted by molar-refractivity contribution is 7.99. The predicted octanol–water partition coefficient (Wildman–Crippen LogP) is 3.40. The molecule has 2 unspecified atom stereocenters. The Labute approximate surface area is 114 Å². The van der Waals surface area contributed by atoms with E-state index in [9.17, 15) is 0 Å². The average Bonchev–Trinajstić information content (AvgIpc) is 2.37. The van der Waals surface area contributed by atoms with E-state index in [0.717, 1.165) is 18.1 Å². The third kappa shape index (κ3) is 3.01. The van der Waals surface area contributed by atoms with Crippen molar-refractivity contribution in [3.05, 3.63) is 29.3 Å². The van der Waals surface area contributed by atoms with Gasteiger partial charge in [-0.2, -0.15) is 11.8 Å². The first-order valence-corrected chi connectivity index (χ1v) is 7.70. The minimum Gasteiger partial charge on any atom is -0.497 e. The number of aryl methyl sites for hydroxylation is 1. The minimum absolute atomic E-state index is 0.170. The fraction of sp³-hybridized carbons (Fsp3) is 0.600. The van der Waals surface area contributed by atoms with E-state index in [1.165, 1.54) is 23.3 Å². The molecule has 100 valence electrons. The van der Waals surface area contributed by atoms with Gasteiger partial charge in [-0.05, 0) is 47.8 Å². The Hall–Kier alpha value is -0.670. The molecule has 1 aromatic rings. The molecule has 0 heterocycles. The molecule has 0 fully saturated rings. The molecule has 2 rings (SSSR count). The zero-order chi connectivity index (χ0) is 13.1. The van der Waals surface area contributed by atoms with Gasteiger partial charge in [-0.3, -0.25) is 0 Å². The van der Waals surface area contributed by atoms with Gasteiger partial charge in [-0.1, -0.05) is 19.9 Å². The number of rotatable bonds is 4. The molecule has 0 radical (unpaired) electrons. The van der Waals surface area contributed by atoms with Crippen LogP contribution in [0, 0.1) is 5.92 Å². The molecule has 0 aromatic heterocycles. The van der Waals surface area contributed by atoms with Gasteiger partial charge >= 0.3 is 0 Å². The van der Waals surface area contributed by atoms with Crippen molar-refractivity contribution in [2.75, 3.05) is 12.9 Å². The van der Waals surface area contributed by atoms with Crippen LogP contribution < -0.4 is 10.5 Å². The standard InChI is InChI=1S/C15H23NOS/c1-10(2)9-18-14-7-4-11-8-12(17-3)5-6-13(11)15(14)16/h5-6,8,10,14-15H,4,7,9,16H2,1-3H3. The third-order valence-electron chi connectivity index (χ3n) is 3.45. The summed E-state index contributed by atoms with van der Waals surface area (Å²) in [6.07, 6.45) is 2.30. The molecule has 2 N–H and O–H groups in total. The molecule has 18 heavy (non-hydrogen) atoms. The highest BCUT2D eigenvalue weighted by Gasteiger charge is 2.27. The van der Waals surface area contributed by atoms with Crippen LogP contribution >= 0.6 is 11.8 Å². The molecule has 3 heteroatoms. The van der Waals surface area contributed by atoms with E-state index in [-0.39, 0.29) is 6.04 Å². The molecule has 2 atom stereocenters. The van der Waals surface area contributed by atoms with Gasteiger partial charge in [-0.25, -0.2) is 0 Å². The zero-order valence-electron chi connectivity index (χ0n) is 11.5. The molecule has 0 bridgehead atoms. The van der Waals surface area contributed by atoms with Crippen LogP contribution in [0.3, 0.4) is 0 Å². The van der Waals surface area contributed by atoms with Gasteiger partial charge < -0.3 is 10.5 Å². The second-order valence-electron chi connectivity index (χ2n) is 5.39. The Morgan fingerprint density at radius 2 is 2.22 bits per heavy atom. The lowest BCUT2D eigenvalue weighted by molar-refractivity contribution is 0.413. The quantitative estimate of drug-likeness (QED) is 0.906. The molecule has 1 aromatic carbocycles. The van der Waals surface area contributed by atoms with E-state index < -0.39 is 0 Å². The van der Waals surface area contributed by atoms with E-state index in [1.807, 2.05) is 17.8 Å². The van der Waals surface area contributed by atoms with E-state index in [4.69, 9.17) is 10.5 Å².